The number of rotatable bonds is 10. The number of hydrogen-bond donors (Lipinski definition) is 1. The Morgan fingerprint density at radius 2 is 1.74 bits per heavy atom. The highest BCUT2D eigenvalue weighted by Crippen LogP contribution is 2.45. The number of Topliss-reactive ketones (excluding diaryl/α,β-unsaturated/α-hetero) is 1. The highest BCUT2D eigenvalue weighted by molar-refractivity contribution is 6.46. The van der Waals surface area contributed by atoms with Gasteiger partial charge in [-0.1, -0.05) is 26.0 Å². The van der Waals surface area contributed by atoms with E-state index < -0.39 is 17.7 Å². The van der Waals surface area contributed by atoms with Crippen LogP contribution in [-0.2, 0) is 14.3 Å². The first kappa shape index (κ1) is 27.5. The lowest BCUT2D eigenvalue weighted by Gasteiger charge is -2.31. The number of ether oxygens (including phenoxy) is 4. The minimum atomic E-state index is -0.849. The molecule has 2 aromatic rings. The van der Waals surface area contributed by atoms with Crippen LogP contribution in [0.3, 0.4) is 0 Å². The van der Waals surface area contributed by atoms with Gasteiger partial charge in [0.2, 0.25) is 0 Å². The van der Waals surface area contributed by atoms with E-state index in [2.05, 4.69) is 18.7 Å². The van der Waals surface area contributed by atoms with Crippen molar-refractivity contribution in [1.29, 1.82) is 0 Å². The molecule has 204 valence electrons. The van der Waals surface area contributed by atoms with Crippen LogP contribution in [0.1, 0.15) is 31.0 Å². The summed E-state index contributed by atoms with van der Waals surface area (Å²) in [5, 5.41) is 11.4. The molecule has 0 radical (unpaired) electrons. The van der Waals surface area contributed by atoms with Crippen LogP contribution in [0, 0.1) is 5.92 Å². The van der Waals surface area contributed by atoms with Gasteiger partial charge in [0.25, 0.3) is 11.7 Å². The molecule has 2 fully saturated rings. The minimum Gasteiger partial charge on any atom is -0.507 e. The van der Waals surface area contributed by atoms with Crippen molar-refractivity contribution in [3.05, 3.63) is 59.2 Å². The van der Waals surface area contributed by atoms with E-state index >= 15 is 0 Å². The van der Waals surface area contributed by atoms with Gasteiger partial charge in [-0.2, -0.15) is 0 Å². The number of ketones is 1. The zero-order valence-corrected chi connectivity index (χ0v) is 22.4. The van der Waals surface area contributed by atoms with Crippen LogP contribution in [0.15, 0.2) is 48.0 Å². The summed E-state index contributed by atoms with van der Waals surface area (Å²) in [5.41, 5.74) is 0.991. The number of morpholine rings is 1. The maximum atomic E-state index is 13.4. The molecule has 0 bridgehead atoms. The zero-order chi connectivity index (χ0) is 27.2. The van der Waals surface area contributed by atoms with Crippen LogP contribution in [0.5, 0.6) is 17.2 Å². The lowest BCUT2D eigenvalue weighted by atomic mass is 9.94. The fourth-order valence-corrected chi connectivity index (χ4v) is 4.76. The van der Waals surface area contributed by atoms with Crippen molar-refractivity contribution in [3.8, 4) is 17.2 Å². The van der Waals surface area contributed by atoms with Crippen molar-refractivity contribution in [3.63, 3.8) is 0 Å². The highest BCUT2D eigenvalue weighted by atomic mass is 16.5. The van der Waals surface area contributed by atoms with Gasteiger partial charge in [0, 0.05) is 37.3 Å². The van der Waals surface area contributed by atoms with Crippen LogP contribution in [-0.4, -0.2) is 86.8 Å². The lowest BCUT2D eigenvalue weighted by Crippen LogP contribution is -2.42. The number of carbonyl (C=O) groups excluding carboxylic acids is 2. The fourth-order valence-electron chi connectivity index (χ4n) is 4.76. The molecule has 0 saturated carbocycles. The summed E-state index contributed by atoms with van der Waals surface area (Å²) < 4.78 is 22.3. The molecule has 0 aromatic heterocycles. The largest absolute Gasteiger partial charge is 0.507 e. The Bertz CT molecular complexity index is 1170. The van der Waals surface area contributed by atoms with Crippen molar-refractivity contribution in [2.75, 3.05) is 60.2 Å². The topological polar surface area (TPSA) is 97.8 Å². The van der Waals surface area contributed by atoms with Gasteiger partial charge in [-0.25, -0.2) is 0 Å². The number of carbonyl (C=O) groups is 2. The van der Waals surface area contributed by atoms with E-state index in [0.717, 1.165) is 13.1 Å². The van der Waals surface area contributed by atoms with Crippen molar-refractivity contribution < 1.29 is 33.6 Å². The molecule has 1 amide bonds. The summed E-state index contributed by atoms with van der Waals surface area (Å²) in [6.07, 6.45) is 0. The number of amides is 1. The number of benzene rings is 2. The normalized spacial score (nSPS) is 19.7. The molecule has 9 heteroatoms. The van der Waals surface area contributed by atoms with Gasteiger partial charge >= 0.3 is 0 Å². The molecule has 2 aliphatic rings. The Balaban J connectivity index is 1.75. The second-order valence-electron chi connectivity index (χ2n) is 9.76. The molecule has 4 rings (SSSR count). The summed E-state index contributed by atoms with van der Waals surface area (Å²) in [5.74, 6) is 0.257. The highest BCUT2D eigenvalue weighted by Gasteiger charge is 2.47. The summed E-state index contributed by atoms with van der Waals surface area (Å²) in [6.45, 7) is 8.32. The van der Waals surface area contributed by atoms with Gasteiger partial charge in [0.15, 0.2) is 11.5 Å². The molecule has 0 aliphatic carbocycles. The van der Waals surface area contributed by atoms with Crippen molar-refractivity contribution in [2.24, 2.45) is 5.92 Å². The first-order valence-corrected chi connectivity index (χ1v) is 12.9. The summed E-state index contributed by atoms with van der Waals surface area (Å²) in [6, 6.07) is 11.3. The van der Waals surface area contributed by atoms with Crippen LogP contribution in [0.4, 0.5) is 0 Å². The van der Waals surface area contributed by atoms with Gasteiger partial charge in [-0.15, -0.1) is 0 Å². The van der Waals surface area contributed by atoms with Crippen LogP contribution in [0.25, 0.3) is 5.76 Å². The quantitative estimate of drug-likeness (QED) is 0.287. The standard InChI is InChI=1S/C29H36N2O7/c1-19(2)18-38-21-10-8-20(9-11-21)26(32)24-25(22-6-5-7-23(35-3)28(22)36-4)31(29(34)27(24)33)13-12-30-14-16-37-17-15-30/h5-11,19,25,32H,12-18H2,1-4H3/b26-24+. The molecule has 38 heavy (non-hydrogen) atoms. The average Bonchev–Trinajstić information content (AvgIpc) is 3.19. The van der Waals surface area contributed by atoms with Gasteiger partial charge in [-0.05, 0) is 36.2 Å². The van der Waals surface area contributed by atoms with E-state index in [9.17, 15) is 14.7 Å². The average molecular weight is 525 g/mol. The Hall–Kier alpha value is -3.56. The van der Waals surface area contributed by atoms with Crippen LogP contribution >= 0.6 is 0 Å². The number of aliphatic hydroxyl groups is 1. The van der Waals surface area contributed by atoms with Crippen molar-refractivity contribution in [2.45, 2.75) is 19.9 Å². The number of likely N-dealkylation sites (tertiary alicyclic amines) is 1. The maximum absolute atomic E-state index is 13.4. The Morgan fingerprint density at radius 1 is 1.03 bits per heavy atom. The monoisotopic (exact) mass is 524 g/mol. The summed E-state index contributed by atoms with van der Waals surface area (Å²) in [7, 11) is 3.04. The molecule has 1 atom stereocenters. The first-order valence-electron chi connectivity index (χ1n) is 12.9. The van der Waals surface area contributed by atoms with Gasteiger partial charge in [0.1, 0.15) is 11.5 Å². The smallest absolute Gasteiger partial charge is 0.295 e. The van der Waals surface area contributed by atoms with E-state index in [1.807, 2.05) is 0 Å². The van der Waals surface area contributed by atoms with Gasteiger partial charge in [0.05, 0.1) is 45.7 Å². The van der Waals surface area contributed by atoms with Gasteiger partial charge < -0.3 is 29.0 Å². The van der Waals surface area contributed by atoms with E-state index in [-0.39, 0.29) is 11.3 Å². The second kappa shape index (κ2) is 12.3. The van der Waals surface area contributed by atoms with Crippen molar-refractivity contribution >= 4 is 17.4 Å². The third-order valence-electron chi connectivity index (χ3n) is 6.74. The molecule has 2 aliphatic heterocycles. The van der Waals surface area contributed by atoms with E-state index in [0.29, 0.717) is 67.2 Å². The predicted molar refractivity (Wildman–Crippen MR) is 143 cm³/mol. The molecule has 2 heterocycles. The Kier molecular flexibility index (Phi) is 8.91. The summed E-state index contributed by atoms with van der Waals surface area (Å²) >= 11 is 0. The number of hydrogen-bond acceptors (Lipinski definition) is 8. The van der Waals surface area contributed by atoms with Crippen LogP contribution in [0.2, 0.25) is 0 Å². The first-order chi connectivity index (χ1) is 18.3. The molecule has 1 N–H and O–H groups in total. The predicted octanol–water partition coefficient (Wildman–Crippen LogP) is 3.49. The van der Waals surface area contributed by atoms with Gasteiger partial charge in [-0.3, -0.25) is 14.5 Å². The van der Waals surface area contributed by atoms with E-state index in [4.69, 9.17) is 18.9 Å². The SMILES string of the molecule is COc1cccc(C2/C(=C(\O)c3ccc(OCC(C)C)cc3)C(=O)C(=O)N2CCN2CCOCC2)c1OC. The Morgan fingerprint density at radius 3 is 2.37 bits per heavy atom. The number of methoxy groups -OCH3 is 2. The molecule has 2 aromatic carbocycles. The molecular formula is C29H36N2O7. The number of nitrogens with zero attached hydrogens (tertiary/aromatic N) is 2. The molecule has 9 nitrogen and oxygen atoms in total. The molecular weight excluding hydrogens is 488 g/mol. The third-order valence-corrected chi connectivity index (χ3v) is 6.74. The summed E-state index contributed by atoms with van der Waals surface area (Å²) in [4.78, 5) is 30.5. The number of para-hydroxylation sites is 1. The van der Waals surface area contributed by atoms with E-state index in [1.54, 1.807) is 42.5 Å². The zero-order valence-electron chi connectivity index (χ0n) is 22.4. The Labute approximate surface area is 223 Å². The molecule has 1 unspecified atom stereocenters. The van der Waals surface area contributed by atoms with Crippen molar-refractivity contribution in [1.82, 2.24) is 9.80 Å². The molecule has 0 spiro atoms. The third kappa shape index (κ3) is 5.79. The van der Waals surface area contributed by atoms with E-state index in [1.165, 1.54) is 19.1 Å². The minimum absolute atomic E-state index is 0.0133. The fraction of sp³-hybridized carbons (Fsp3) is 0.448. The second-order valence-corrected chi connectivity index (χ2v) is 9.76. The number of aliphatic hydroxyl groups excluding tert-OH is 1. The van der Waals surface area contributed by atoms with Crippen LogP contribution < -0.4 is 14.2 Å². The maximum Gasteiger partial charge on any atom is 0.295 e. The lowest BCUT2D eigenvalue weighted by molar-refractivity contribution is -0.140. The molecule has 2 saturated heterocycles.